The highest BCUT2D eigenvalue weighted by molar-refractivity contribution is 6.06. The summed E-state index contributed by atoms with van der Waals surface area (Å²) < 4.78 is 12.1. The quantitative estimate of drug-likeness (QED) is 0.205. The number of hydrogen-bond donors (Lipinski definition) is 2. The summed E-state index contributed by atoms with van der Waals surface area (Å²) in [6.45, 7) is 0.948. The summed E-state index contributed by atoms with van der Waals surface area (Å²) in [4.78, 5) is 18.7. The molecule has 39 heavy (non-hydrogen) atoms. The van der Waals surface area contributed by atoms with E-state index in [1.54, 1.807) is 42.6 Å². The van der Waals surface area contributed by atoms with E-state index in [2.05, 4.69) is 10.3 Å². The smallest absolute Gasteiger partial charge is 0.266 e. The summed E-state index contributed by atoms with van der Waals surface area (Å²) in [5.41, 5.74) is 9.32. The predicted molar refractivity (Wildman–Crippen MR) is 152 cm³/mol. The minimum atomic E-state index is -0.486. The molecule has 0 bridgehead atoms. The number of carbonyl (C=O) groups is 1. The molecule has 3 N–H and O–H groups in total. The Bertz CT molecular complexity index is 1490. The first kappa shape index (κ1) is 26.9. The molecule has 1 aromatic heterocycles. The van der Waals surface area contributed by atoms with Crippen molar-refractivity contribution in [3.05, 3.63) is 108 Å². The highest BCUT2D eigenvalue weighted by Gasteiger charge is 2.14. The van der Waals surface area contributed by atoms with Crippen LogP contribution in [0.25, 0.3) is 11.1 Å². The SMILES string of the molecule is CN(C)C/C=C(\C#N)C(=O)Nc1cccc(Oc2ccnc(N)c2-c2ccc(OCc3ccccc3)cc2)c1. The van der Waals surface area contributed by atoms with E-state index in [4.69, 9.17) is 15.2 Å². The molecule has 0 saturated heterocycles. The number of ether oxygens (including phenoxy) is 2. The van der Waals surface area contributed by atoms with E-state index in [0.29, 0.717) is 41.7 Å². The summed E-state index contributed by atoms with van der Waals surface area (Å²) in [6, 6.07) is 28.1. The predicted octanol–water partition coefficient (Wildman–Crippen LogP) is 5.65. The third kappa shape index (κ3) is 7.44. The number of pyridine rings is 1. The number of nitrogens with one attached hydrogen (secondary N) is 1. The Kier molecular flexibility index (Phi) is 8.91. The van der Waals surface area contributed by atoms with E-state index in [1.165, 1.54) is 0 Å². The minimum Gasteiger partial charge on any atom is -0.489 e. The zero-order valence-corrected chi connectivity index (χ0v) is 21.8. The fraction of sp³-hybridized carbons (Fsp3) is 0.129. The monoisotopic (exact) mass is 519 g/mol. The number of anilines is 2. The lowest BCUT2D eigenvalue weighted by atomic mass is 10.1. The van der Waals surface area contributed by atoms with Gasteiger partial charge in [-0.05, 0) is 61.6 Å². The van der Waals surface area contributed by atoms with Crippen molar-refractivity contribution in [2.45, 2.75) is 6.61 Å². The molecule has 8 heteroatoms. The number of aromatic nitrogens is 1. The van der Waals surface area contributed by atoms with Crippen molar-refractivity contribution in [1.82, 2.24) is 9.88 Å². The number of rotatable bonds is 10. The second-order valence-corrected chi connectivity index (χ2v) is 8.94. The van der Waals surface area contributed by atoms with Crippen LogP contribution in [0.5, 0.6) is 17.2 Å². The maximum Gasteiger partial charge on any atom is 0.266 e. The van der Waals surface area contributed by atoms with Gasteiger partial charge in [0, 0.05) is 24.5 Å². The average molecular weight is 520 g/mol. The molecule has 4 rings (SSSR count). The van der Waals surface area contributed by atoms with Gasteiger partial charge < -0.3 is 25.4 Å². The van der Waals surface area contributed by atoms with Gasteiger partial charge in [-0.1, -0.05) is 48.5 Å². The minimum absolute atomic E-state index is 0.0374. The number of carbonyl (C=O) groups excluding carboxylic acids is 1. The molecule has 0 unspecified atom stereocenters. The van der Waals surface area contributed by atoms with Gasteiger partial charge >= 0.3 is 0 Å². The third-order valence-electron chi connectivity index (χ3n) is 5.68. The number of nitrogens with two attached hydrogens (primary N) is 1. The molecular formula is C31H29N5O3. The maximum atomic E-state index is 12.6. The van der Waals surface area contributed by atoms with Crippen molar-refractivity contribution in [2.75, 3.05) is 31.7 Å². The lowest BCUT2D eigenvalue weighted by Crippen LogP contribution is -2.17. The van der Waals surface area contributed by atoms with Crippen LogP contribution < -0.4 is 20.5 Å². The zero-order chi connectivity index (χ0) is 27.6. The molecule has 0 spiro atoms. The van der Waals surface area contributed by atoms with E-state index in [9.17, 15) is 10.1 Å². The molecule has 196 valence electrons. The second kappa shape index (κ2) is 12.9. The normalized spacial score (nSPS) is 11.1. The van der Waals surface area contributed by atoms with Crippen LogP contribution >= 0.6 is 0 Å². The number of nitriles is 1. The van der Waals surface area contributed by atoms with Crippen molar-refractivity contribution >= 4 is 17.4 Å². The van der Waals surface area contributed by atoms with Crippen LogP contribution in [0.4, 0.5) is 11.5 Å². The first-order chi connectivity index (χ1) is 18.9. The number of benzene rings is 3. The Morgan fingerprint density at radius 3 is 2.51 bits per heavy atom. The maximum absolute atomic E-state index is 12.6. The van der Waals surface area contributed by atoms with Gasteiger partial charge in [-0.3, -0.25) is 4.79 Å². The van der Waals surface area contributed by atoms with Gasteiger partial charge in [0.1, 0.15) is 41.3 Å². The van der Waals surface area contributed by atoms with Crippen molar-refractivity contribution < 1.29 is 14.3 Å². The van der Waals surface area contributed by atoms with Gasteiger partial charge in [-0.25, -0.2) is 4.98 Å². The van der Waals surface area contributed by atoms with Crippen LogP contribution in [0.3, 0.4) is 0 Å². The van der Waals surface area contributed by atoms with Gasteiger partial charge in [0.05, 0.1) is 5.56 Å². The number of nitrogens with zero attached hydrogens (tertiary/aromatic N) is 3. The van der Waals surface area contributed by atoms with Gasteiger partial charge in [0.25, 0.3) is 5.91 Å². The average Bonchev–Trinajstić information content (AvgIpc) is 2.93. The Morgan fingerprint density at radius 2 is 1.79 bits per heavy atom. The molecular weight excluding hydrogens is 490 g/mol. The standard InChI is InChI=1S/C31H29N5O3/c1-36(2)18-16-24(20-32)31(37)35-25-9-6-10-27(19-25)39-28-15-17-34-30(33)29(28)23-11-13-26(14-12-23)38-21-22-7-4-3-5-8-22/h3-17,19H,18,21H2,1-2H3,(H2,33,34)(H,35,37)/b24-16+. The van der Waals surface area contributed by atoms with Crippen molar-refractivity contribution in [1.29, 1.82) is 5.26 Å². The van der Waals surface area contributed by atoms with E-state index >= 15 is 0 Å². The molecule has 4 aromatic rings. The zero-order valence-electron chi connectivity index (χ0n) is 21.8. The molecule has 0 aliphatic heterocycles. The summed E-state index contributed by atoms with van der Waals surface area (Å²) in [5, 5.41) is 12.1. The number of likely N-dealkylation sites (N-methyl/N-ethyl adjacent to an activating group) is 1. The lowest BCUT2D eigenvalue weighted by Gasteiger charge is -2.14. The Balaban J connectivity index is 1.50. The fourth-order valence-electron chi connectivity index (χ4n) is 3.72. The summed E-state index contributed by atoms with van der Waals surface area (Å²) in [6.07, 6.45) is 3.16. The van der Waals surface area contributed by atoms with Gasteiger partial charge in [0.15, 0.2) is 0 Å². The van der Waals surface area contributed by atoms with Crippen LogP contribution in [-0.2, 0) is 11.4 Å². The molecule has 8 nitrogen and oxygen atoms in total. The highest BCUT2D eigenvalue weighted by Crippen LogP contribution is 2.37. The summed E-state index contributed by atoms with van der Waals surface area (Å²) in [7, 11) is 3.72. The van der Waals surface area contributed by atoms with Crippen LogP contribution in [0, 0.1) is 11.3 Å². The largest absolute Gasteiger partial charge is 0.489 e. The molecule has 0 radical (unpaired) electrons. The van der Waals surface area contributed by atoms with E-state index in [0.717, 1.165) is 16.9 Å². The Morgan fingerprint density at radius 1 is 1.03 bits per heavy atom. The first-order valence-corrected chi connectivity index (χ1v) is 12.3. The van der Waals surface area contributed by atoms with Crippen LogP contribution in [0.2, 0.25) is 0 Å². The van der Waals surface area contributed by atoms with E-state index < -0.39 is 5.91 Å². The molecule has 1 heterocycles. The Labute approximate surface area is 227 Å². The molecule has 1 amide bonds. The van der Waals surface area contributed by atoms with Crippen LogP contribution in [0.15, 0.2) is 103 Å². The molecule has 0 aliphatic carbocycles. The van der Waals surface area contributed by atoms with Gasteiger partial charge in [-0.15, -0.1) is 0 Å². The van der Waals surface area contributed by atoms with Crippen molar-refractivity contribution in [2.24, 2.45) is 0 Å². The molecule has 0 aliphatic rings. The molecule has 0 saturated carbocycles. The van der Waals surface area contributed by atoms with Crippen molar-refractivity contribution in [3.63, 3.8) is 0 Å². The summed E-state index contributed by atoms with van der Waals surface area (Å²) in [5.74, 6) is 1.55. The Hall–Kier alpha value is -5.13. The molecule has 0 fully saturated rings. The number of nitrogen functional groups attached to an aromatic ring is 1. The van der Waals surface area contributed by atoms with Crippen LogP contribution in [-0.4, -0.2) is 36.4 Å². The van der Waals surface area contributed by atoms with Crippen LogP contribution in [0.1, 0.15) is 5.56 Å². The van der Waals surface area contributed by atoms with E-state index in [-0.39, 0.29) is 5.57 Å². The number of hydrogen-bond acceptors (Lipinski definition) is 7. The fourth-order valence-corrected chi connectivity index (χ4v) is 3.72. The van der Waals surface area contributed by atoms with Gasteiger partial charge in [-0.2, -0.15) is 5.26 Å². The lowest BCUT2D eigenvalue weighted by molar-refractivity contribution is -0.112. The molecule has 3 aromatic carbocycles. The summed E-state index contributed by atoms with van der Waals surface area (Å²) >= 11 is 0. The third-order valence-corrected chi connectivity index (χ3v) is 5.68. The van der Waals surface area contributed by atoms with Crippen molar-refractivity contribution in [3.8, 4) is 34.4 Å². The highest BCUT2D eigenvalue weighted by atomic mass is 16.5. The first-order valence-electron chi connectivity index (χ1n) is 12.3. The number of amides is 1. The van der Waals surface area contributed by atoms with E-state index in [1.807, 2.05) is 79.7 Å². The second-order valence-electron chi connectivity index (χ2n) is 8.94. The van der Waals surface area contributed by atoms with Gasteiger partial charge in [0.2, 0.25) is 0 Å². The molecule has 0 atom stereocenters. The topological polar surface area (TPSA) is 114 Å².